The molecule has 5 heteroatoms. The minimum atomic E-state index is -0.249. The Kier molecular flexibility index (Phi) is 3.66. The molecule has 0 bridgehead atoms. The van der Waals surface area contributed by atoms with Gasteiger partial charge in [-0.1, -0.05) is 0 Å². The molecular weight excluding hydrogens is 309 g/mol. The Morgan fingerprint density at radius 3 is 3.00 bits per heavy atom. The van der Waals surface area contributed by atoms with Crippen molar-refractivity contribution in [3.8, 4) is 11.3 Å². The third kappa shape index (κ3) is 3.22. The van der Waals surface area contributed by atoms with Gasteiger partial charge >= 0.3 is 0 Å². The number of halogens is 2. The zero-order valence-corrected chi connectivity index (χ0v) is 12.0. The predicted molar refractivity (Wildman–Crippen MR) is 76.1 cm³/mol. The molecule has 0 radical (unpaired) electrons. The van der Waals surface area contributed by atoms with Crippen LogP contribution in [0.2, 0.25) is 0 Å². The molecule has 3 nitrogen and oxygen atoms in total. The average molecular weight is 324 g/mol. The van der Waals surface area contributed by atoms with Crippen LogP contribution in [0.3, 0.4) is 0 Å². The topological polar surface area (TPSA) is 40.7 Å². The average Bonchev–Trinajstić information content (AvgIpc) is 3.07. The zero-order chi connectivity index (χ0) is 13.2. The highest BCUT2D eigenvalue weighted by Gasteiger charge is 2.20. The summed E-state index contributed by atoms with van der Waals surface area (Å²) < 4.78 is 13.8. The molecule has 19 heavy (non-hydrogen) atoms. The molecule has 0 aliphatic heterocycles. The first-order valence-electron chi connectivity index (χ1n) is 6.42. The van der Waals surface area contributed by atoms with Crippen molar-refractivity contribution < 1.29 is 4.39 Å². The van der Waals surface area contributed by atoms with Gasteiger partial charge in [-0.3, -0.25) is 0 Å². The molecule has 0 amide bonds. The summed E-state index contributed by atoms with van der Waals surface area (Å²) in [6.45, 7) is 1.81. The molecule has 1 heterocycles. The second kappa shape index (κ2) is 5.43. The van der Waals surface area contributed by atoms with Gasteiger partial charge < -0.3 is 10.3 Å². The number of nitrogens with one attached hydrogen (secondary N) is 2. The number of nitrogens with zero attached hydrogens (tertiary/aromatic N) is 1. The van der Waals surface area contributed by atoms with E-state index in [1.807, 2.05) is 0 Å². The molecule has 2 N–H and O–H groups in total. The van der Waals surface area contributed by atoms with E-state index in [4.69, 9.17) is 0 Å². The molecule has 1 aliphatic rings. The fourth-order valence-electron chi connectivity index (χ4n) is 2.01. The maximum atomic E-state index is 13.1. The molecule has 1 fully saturated rings. The van der Waals surface area contributed by atoms with Crippen LogP contribution in [-0.2, 0) is 6.54 Å². The van der Waals surface area contributed by atoms with Crippen molar-refractivity contribution in [2.24, 2.45) is 5.92 Å². The number of aromatic nitrogens is 2. The number of hydrogen-bond acceptors (Lipinski definition) is 2. The largest absolute Gasteiger partial charge is 0.341 e. The minimum absolute atomic E-state index is 0.249. The number of imidazole rings is 1. The van der Waals surface area contributed by atoms with Crippen molar-refractivity contribution in [3.05, 3.63) is 40.5 Å². The summed E-state index contributed by atoms with van der Waals surface area (Å²) in [5.74, 6) is 1.52. The van der Waals surface area contributed by atoms with E-state index in [9.17, 15) is 4.39 Å². The number of hydrogen-bond donors (Lipinski definition) is 2. The van der Waals surface area contributed by atoms with Gasteiger partial charge in [0.2, 0.25) is 0 Å². The Labute approximate surface area is 119 Å². The van der Waals surface area contributed by atoms with Crippen LogP contribution >= 0.6 is 15.9 Å². The summed E-state index contributed by atoms with van der Waals surface area (Å²) in [4.78, 5) is 7.60. The lowest BCUT2D eigenvalue weighted by molar-refractivity contribution is 0.623. The van der Waals surface area contributed by atoms with Crippen LogP contribution in [-0.4, -0.2) is 16.5 Å². The maximum Gasteiger partial charge on any atom is 0.124 e. The first kappa shape index (κ1) is 12.8. The number of benzene rings is 1. The fourth-order valence-corrected chi connectivity index (χ4v) is 2.58. The normalized spacial score (nSPS) is 14.8. The van der Waals surface area contributed by atoms with E-state index in [1.54, 1.807) is 12.3 Å². The maximum absolute atomic E-state index is 13.1. The molecule has 2 aromatic rings. The van der Waals surface area contributed by atoms with Gasteiger partial charge in [0.05, 0.1) is 18.4 Å². The highest BCUT2D eigenvalue weighted by molar-refractivity contribution is 9.10. The summed E-state index contributed by atoms with van der Waals surface area (Å²) in [6, 6.07) is 4.65. The fraction of sp³-hybridized carbons (Fsp3) is 0.357. The third-order valence-electron chi connectivity index (χ3n) is 3.27. The zero-order valence-electron chi connectivity index (χ0n) is 10.4. The summed E-state index contributed by atoms with van der Waals surface area (Å²) in [7, 11) is 0. The number of aromatic amines is 1. The SMILES string of the molecule is Fc1ccc(-c2cnc(CNCC3CC3)[nH]2)c(Br)c1. The van der Waals surface area contributed by atoms with E-state index < -0.39 is 0 Å². The van der Waals surface area contributed by atoms with E-state index in [-0.39, 0.29) is 5.82 Å². The molecule has 3 rings (SSSR count). The molecular formula is C14H15BrFN3. The molecule has 1 aromatic carbocycles. The summed E-state index contributed by atoms with van der Waals surface area (Å²) in [6.07, 6.45) is 4.48. The van der Waals surface area contributed by atoms with Gasteiger partial charge in [0.25, 0.3) is 0 Å². The van der Waals surface area contributed by atoms with Crippen molar-refractivity contribution >= 4 is 15.9 Å². The standard InChI is InChI=1S/C14H15BrFN3/c15-12-5-10(16)3-4-11(12)13-7-18-14(19-13)8-17-6-9-1-2-9/h3-5,7,9,17H,1-2,6,8H2,(H,18,19). The van der Waals surface area contributed by atoms with E-state index in [1.165, 1.54) is 25.0 Å². The van der Waals surface area contributed by atoms with Gasteiger partial charge in [0.15, 0.2) is 0 Å². The second-order valence-corrected chi connectivity index (χ2v) is 5.80. The van der Waals surface area contributed by atoms with Gasteiger partial charge in [-0.15, -0.1) is 0 Å². The highest BCUT2D eigenvalue weighted by atomic mass is 79.9. The molecule has 100 valence electrons. The predicted octanol–water partition coefficient (Wildman–Crippen LogP) is 3.48. The van der Waals surface area contributed by atoms with Crippen LogP contribution in [0, 0.1) is 11.7 Å². The van der Waals surface area contributed by atoms with Gasteiger partial charge in [0, 0.05) is 10.0 Å². The second-order valence-electron chi connectivity index (χ2n) is 4.94. The highest BCUT2D eigenvalue weighted by Crippen LogP contribution is 2.28. The molecule has 1 aliphatic carbocycles. The van der Waals surface area contributed by atoms with E-state index in [0.29, 0.717) is 0 Å². The Balaban J connectivity index is 1.68. The van der Waals surface area contributed by atoms with Gasteiger partial charge in [-0.05, 0) is 59.4 Å². The van der Waals surface area contributed by atoms with Gasteiger partial charge in [-0.25, -0.2) is 9.37 Å². The molecule has 0 unspecified atom stereocenters. The Morgan fingerprint density at radius 2 is 2.26 bits per heavy atom. The Morgan fingerprint density at radius 1 is 1.42 bits per heavy atom. The van der Waals surface area contributed by atoms with Crippen LogP contribution in [0.15, 0.2) is 28.9 Å². The van der Waals surface area contributed by atoms with Crippen molar-refractivity contribution in [1.29, 1.82) is 0 Å². The summed E-state index contributed by atoms with van der Waals surface area (Å²) in [5.41, 5.74) is 1.82. The van der Waals surface area contributed by atoms with Crippen LogP contribution in [0.5, 0.6) is 0 Å². The molecule has 0 saturated heterocycles. The number of rotatable bonds is 5. The minimum Gasteiger partial charge on any atom is -0.341 e. The lowest BCUT2D eigenvalue weighted by Crippen LogP contribution is -2.16. The smallest absolute Gasteiger partial charge is 0.124 e. The van der Waals surface area contributed by atoms with Crippen LogP contribution < -0.4 is 5.32 Å². The Hall–Kier alpha value is -1.20. The van der Waals surface area contributed by atoms with Crippen molar-refractivity contribution in [1.82, 2.24) is 15.3 Å². The van der Waals surface area contributed by atoms with Crippen LogP contribution in [0.1, 0.15) is 18.7 Å². The van der Waals surface area contributed by atoms with Crippen molar-refractivity contribution in [2.75, 3.05) is 6.54 Å². The van der Waals surface area contributed by atoms with E-state index >= 15 is 0 Å². The van der Waals surface area contributed by atoms with Gasteiger partial charge in [0.1, 0.15) is 11.6 Å². The molecule has 1 aromatic heterocycles. The molecule has 1 saturated carbocycles. The number of H-pyrrole nitrogens is 1. The van der Waals surface area contributed by atoms with Crippen molar-refractivity contribution in [2.45, 2.75) is 19.4 Å². The van der Waals surface area contributed by atoms with Crippen LogP contribution in [0.4, 0.5) is 4.39 Å². The lowest BCUT2D eigenvalue weighted by Gasteiger charge is -2.02. The summed E-state index contributed by atoms with van der Waals surface area (Å²) in [5, 5.41) is 3.39. The van der Waals surface area contributed by atoms with E-state index in [2.05, 4.69) is 31.2 Å². The summed E-state index contributed by atoms with van der Waals surface area (Å²) >= 11 is 3.37. The monoisotopic (exact) mass is 323 g/mol. The quantitative estimate of drug-likeness (QED) is 0.884. The third-order valence-corrected chi connectivity index (χ3v) is 3.93. The lowest BCUT2D eigenvalue weighted by atomic mass is 10.2. The molecule has 0 atom stereocenters. The van der Waals surface area contributed by atoms with Gasteiger partial charge in [-0.2, -0.15) is 0 Å². The first-order valence-corrected chi connectivity index (χ1v) is 7.21. The first-order chi connectivity index (χ1) is 9.22. The Bertz CT molecular complexity index is 578. The molecule has 0 spiro atoms. The van der Waals surface area contributed by atoms with Crippen LogP contribution in [0.25, 0.3) is 11.3 Å². The van der Waals surface area contributed by atoms with Crippen molar-refractivity contribution in [3.63, 3.8) is 0 Å². The van der Waals surface area contributed by atoms with E-state index in [0.717, 1.165) is 40.6 Å².